The average molecular weight is 533 g/mol. The molecule has 0 fully saturated rings. The first-order valence-corrected chi connectivity index (χ1v) is 11.2. The number of oxazole rings is 1. The van der Waals surface area contributed by atoms with Crippen LogP contribution in [0.5, 0.6) is 0 Å². The first-order valence-electron chi connectivity index (χ1n) is 8.94. The van der Waals surface area contributed by atoms with Gasteiger partial charge in [-0.3, -0.25) is 14.5 Å². The summed E-state index contributed by atoms with van der Waals surface area (Å²) in [6.45, 7) is 0. The number of nitrogens with one attached hydrogen (secondary N) is 2. The van der Waals surface area contributed by atoms with E-state index in [1.165, 1.54) is 12.3 Å². The van der Waals surface area contributed by atoms with Gasteiger partial charge in [-0.15, -0.1) is 0 Å². The maximum atomic E-state index is 13.2. The summed E-state index contributed by atoms with van der Waals surface area (Å²) in [5.41, 5.74) is -2.66. The lowest BCUT2D eigenvalue weighted by Crippen LogP contribution is -2.18. The molecule has 0 amide bonds. The Bertz CT molecular complexity index is 1620. The van der Waals surface area contributed by atoms with E-state index in [-0.39, 0.29) is 21.8 Å². The number of pyridine rings is 2. The number of hydrogen-bond donors (Lipinski definition) is 2. The molecule has 0 spiro atoms. The number of anilines is 1. The number of carbonyl (C=O) groups excluding carboxylic acids is 1. The number of aromatic nitrogens is 3. The minimum Gasteiger partial charge on any atom is -0.405 e. The van der Waals surface area contributed by atoms with Crippen LogP contribution >= 0.6 is 23.2 Å². The Labute approximate surface area is 197 Å². The van der Waals surface area contributed by atoms with Crippen molar-refractivity contribution < 1.29 is 30.8 Å². The second-order valence-corrected chi connectivity index (χ2v) is 9.20. The zero-order valence-electron chi connectivity index (χ0n) is 16.3. The third-order valence-electron chi connectivity index (χ3n) is 4.43. The largest absolute Gasteiger partial charge is 0.418 e. The molecule has 0 unspecified atom stereocenters. The summed E-state index contributed by atoms with van der Waals surface area (Å²) in [4.78, 5) is 33.8. The Morgan fingerprint density at radius 3 is 2.56 bits per heavy atom. The van der Waals surface area contributed by atoms with Crippen LogP contribution in [-0.4, -0.2) is 29.2 Å². The number of aromatic amines is 1. The number of fused-ring (bicyclic) bond motifs is 1. The summed E-state index contributed by atoms with van der Waals surface area (Å²) in [6, 6.07) is 4.25. The van der Waals surface area contributed by atoms with Gasteiger partial charge in [-0.25, -0.2) is 23.2 Å². The van der Waals surface area contributed by atoms with Crippen LogP contribution in [0, 0.1) is 0 Å². The van der Waals surface area contributed by atoms with Gasteiger partial charge in [0.1, 0.15) is 5.69 Å². The molecule has 0 aliphatic heterocycles. The number of carbonyl (C=O) groups is 1. The van der Waals surface area contributed by atoms with Crippen molar-refractivity contribution in [2.45, 2.75) is 11.1 Å². The molecule has 0 atom stereocenters. The van der Waals surface area contributed by atoms with Crippen molar-refractivity contribution in [3.05, 3.63) is 80.1 Å². The Morgan fingerprint density at radius 2 is 1.85 bits per heavy atom. The van der Waals surface area contributed by atoms with E-state index < -0.39 is 54.6 Å². The molecule has 3 aromatic heterocycles. The van der Waals surface area contributed by atoms with Crippen molar-refractivity contribution in [3.63, 3.8) is 0 Å². The summed E-state index contributed by atoms with van der Waals surface area (Å²) in [5, 5.41) is -0.768. The second-order valence-electron chi connectivity index (χ2n) is 6.67. The van der Waals surface area contributed by atoms with Gasteiger partial charge in [0, 0.05) is 12.4 Å². The van der Waals surface area contributed by atoms with Gasteiger partial charge in [-0.1, -0.05) is 23.2 Å². The van der Waals surface area contributed by atoms with Gasteiger partial charge in [0.25, 0.3) is 10.0 Å². The summed E-state index contributed by atoms with van der Waals surface area (Å²) in [5.74, 6) is -1.76. The van der Waals surface area contributed by atoms with Crippen LogP contribution in [-0.2, 0) is 16.2 Å². The van der Waals surface area contributed by atoms with Gasteiger partial charge in [-0.2, -0.15) is 13.2 Å². The number of hydrogen-bond acceptors (Lipinski definition) is 7. The van der Waals surface area contributed by atoms with Crippen molar-refractivity contribution in [2.24, 2.45) is 0 Å². The summed E-state index contributed by atoms with van der Waals surface area (Å²) < 4.78 is 72.2. The number of ketones is 1. The molecule has 1 aromatic carbocycles. The van der Waals surface area contributed by atoms with Gasteiger partial charge < -0.3 is 4.42 Å². The molecule has 34 heavy (non-hydrogen) atoms. The third kappa shape index (κ3) is 4.49. The molecule has 4 aromatic rings. The fourth-order valence-corrected chi connectivity index (χ4v) is 4.42. The Kier molecular flexibility index (Phi) is 5.87. The van der Waals surface area contributed by atoms with Crippen molar-refractivity contribution in [2.75, 3.05) is 4.72 Å². The molecule has 0 bridgehead atoms. The van der Waals surface area contributed by atoms with Gasteiger partial charge in [-0.05, 0) is 30.3 Å². The number of benzene rings is 1. The average Bonchev–Trinajstić information content (AvgIpc) is 3.12. The van der Waals surface area contributed by atoms with Crippen LogP contribution < -0.4 is 10.5 Å². The van der Waals surface area contributed by atoms with E-state index >= 15 is 0 Å². The molecule has 0 aliphatic rings. The highest BCUT2D eigenvalue weighted by atomic mass is 35.5. The maximum absolute atomic E-state index is 13.2. The lowest BCUT2D eigenvalue weighted by molar-refractivity contribution is -0.137. The van der Waals surface area contributed by atoms with Gasteiger partial charge in [0.15, 0.2) is 11.2 Å². The molecule has 3 heterocycles. The molecule has 9 nitrogen and oxygen atoms in total. The van der Waals surface area contributed by atoms with E-state index in [2.05, 4.69) is 15.0 Å². The van der Waals surface area contributed by atoms with Crippen molar-refractivity contribution >= 4 is 55.9 Å². The Balaban J connectivity index is 1.79. The van der Waals surface area contributed by atoms with E-state index in [1.54, 1.807) is 0 Å². The minimum atomic E-state index is -4.91. The molecule has 15 heteroatoms. The molecule has 0 saturated heterocycles. The number of alkyl halides is 3. The fraction of sp³-hybridized carbons (Fsp3) is 0.0526. The number of rotatable bonds is 5. The van der Waals surface area contributed by atoms with Gasteiger partial charge in [0.2, 0.25) is 5.78 Å². The van der Waals surface area contributed by atoms with Gasteiger partial charge >= 0.3 is 11.9 Å². The number of halogens is 5. The normalized spacial score (nSPS) is 12.1. The molecular formula is C19H9Cl2F3N4O5S. The Hall–Kier alpha value is -3.42. The van der Waals surface area contributed by atoms with Crippen LogP contribution in [0.4, 0.5) is 18.9 Å². The lowest BCUT2D eigenvalue weighted by atomic mass is 10.1. The summed E-state index contributed by atoms with van der Waals surface area (Å²) in [6.07, 6.45) is -2.65. The highest BCUT2D eigenvalue weighted by Crippen LogP contribution is 2.36. The van der Waals surface area contributed by atoms with Gasteiger partial charge in [0.05, 0.1) is 31.8 Å². The zero-order valence-corrected chi connectivity index (χ0v) is 18.6. The molecule has 4 rings (SSSR count). The highest BCUT2D eigenvalue weighted by Gasteiger charge is 2.35. The van der Waals surface area contributed by atoms with Crippen LogP contribution in [0.1, 0.15) is 21.6 Å². The highest BCUT2D eigenvalue weighted by molar-refractivity contribution is 7.92. The smallest absolute Gasteiger partial charge is 0.405 e. The minimum absolute atomic E-state index is 0.0345. The van der Waals surface area contributed by atoms with E-state index in [0.717, 1.165) is 24.4 Å². The monoisotopic (exact) mass is 532 g/mol. The van der Waals surface area contributed by atoms with Crippen molar-refractivity contribution in [1.29, 1.82) is 0 Å². The first kappa shape index (κ1) is 23.7. The third-order valence-corrected chi connectivity index (χ3v) is 6.33. The topological polar surface area (TPSA) is 135 Å². The zero-order chi connectivity index (χ0) is 24.8. The van der Waals surface area contributed by atoms with Crippen LogP contribution in [0.3, 0.4) is 0 Å². The molecule has 176 valence electrons. The quantitative estimate of drug-likeness (QED) is 0.366. The maximum Gasteiger partial charge on any atom is 0.418 e. The molecular weight excluding hydrogens is 524 g/mol. The first-order chi connectivity index (χ1) is 15.9. The number of H-pyrrole nitrogens is 1. The molecule has 2 N–H and O–H groups in total. The van der Waals surface area contributed by atoms with Crippen LogP contribution in [0.25, 0.3) is 11.2 Å². The van der Waals surface area contributed by atoms with E-state index in [9.17, 15) is 31.2 Å². The van der Waals surface area contributed by atoms with Crippen molar-refractivity contribution in [1.82, 2.24) is 15.0 Å². The van der Waals surface area contributed by atoms with E-state index in [0.29, 0.717) is 6.07 Å². The predicted molar refractivity (Wildman–Crippen MR) is 115 cm³/mol. The lowest BCUT2D eigenvalue weighted by Gasteiger charge is -2.14. The van der Waals surface area contributed by atoms with Crippen molar-refractivity contribution in [3.8, 4) is 0 Å². The Morgan fingerprint density at radius 1 is 1.12 bits per heavy atom. The second kappa shape index (κ2) is 8.42. The van der Waals surface area contributed by atoms with Crippen LogP contribution in [0.2, 0.25) is 10.0 Å². The molecule has 0 aliphatic carbocycles. The SMILES string of the molecule is O=C(c1ncc(Cl)cc1NS(=O)(=O)c1ccc(Cl)c(C(F)(F)F)c1)c1ccnc2[nH]c(=O)oc12. The standard InChI is InChI=1S/C19H9Cl2F3N4O5S/c20-8-5-13(28-34(31,32)9-1-2-12(21)11(6-9)19(22,23)24)14(26-7-8)15(29)10-3-4-25-17-16(10)33-18(30)27-17/h1-7,28H,(H,25,27,30). The summed E-state index contributed by atoms with van der Waals surface area (Å²) in [7, 11) is -4.66. The van der Waals surface area contributed by atoms with E-state index in [1.807, 2.05) is 4.72 Å². The number of sulfonamides is 1. The van der Waals surface area contributed by atoms with E-state index in [4.69, 9.17) is 27.6 Å². The predicted octanol–water partition coefficient (Wildman–Crippen LogP) is 4.27. The number of nitrogens with zero attached hydrogens (tertiary/aromatic N) is 2. The summed E-state index contributed by atoms with van der Waals surface area (Å²) >= 11 is 11.4. The molecule has 0 saturated carbocycles. The fourth-order valence-electron chi connectivity index (χ4n) is 2.95. The molecule has 0 radical (unpaired) electrons. The van der Waals surface area contributed by atoms with Crippen LogP contribution in [0.15, 0.2) is 56.8 Å².